The number of anilines is 1. The lowest BCUT2D eigenvalue weighted by Crippen LogP contribution is -2.02. The van der Waals surface area contributed by atoms with Crippen molar-refractivity contribution in [3.63, 3.8) is 0 Å². The Hall–Kier alpha value is -2.68. The average molecular weight is 380 g/mol. The first-order chi connectivity index (χ1) is 13.8. The van der Waals surface area contributed by atoms with Gasteiger partial charge in [-0.3, -0.25) is 0 Å². The van der Waals surface area contributed by atoms with Gasteiger partial charge in [-0.2, -0.15) is 0 Å². The molecule has 0 aliphatic rings. The molecule has 2 rings (SSSR count). The first-order valence-corrected chi connectivity index (χ1v) is 10.3. The third kappa shape index (κ3) is 7.51. The van der Waals surface area contributed by atoms with Gasteiger partial charge in [-0.05, 0) is 55.7 Å². The largest absolute Gasteiger partial charge is 0.494 e. The summed E-state index contributed by atoms with van der Waals surface area (Å²) in [5.41, 5.74) is 3.14. The fourth-order valence-electron chi connectivity index (χ4n) is 2.58. The summed E-state index contributed by atoms with van der Waals surface area (Å²) in [5, 5.41) is 3.46. The summed E-state index contributed by atoms with van der Waals surface area (Å²) < 4.78 is 11.6. The van der Waals surface area contributed by atoms with Crippen LogP contribution < -0.4 is 14.8 Å². The van der Waals surface area contributed by atoms with E-state index in [0.29, 0.717) is 0 Å². The minimum atomic E-state index is 0.739. The number of hydrogen-bond acceptors (Lipinski definition) is 3. The van der Waals surface area contributed by atoms with Gasteiger partial charge in [-0.1, -0.05) is 63.1 Å². The Morgan fingerprint density at radius 1 is 0.893 bits per heavy atom. The van der Waals surface area contributed by atoms with Gasteiger partial charge in [-0.15, -0.1) is 0 Å². The van der Waals surface area contributed by atoms with E-state index in [2.05, 4.69) is 49.5 Å². The van der Waals surface area contributed by atoms with Gasteiger partial charge in [0.15, 0.2) is 0 Å². The Labute approximate surface area is 170 Å². The monoisotopic (exact) mass is 379 g/mol. The molecule has 0 spiro atoms. The summed E-state index contributed by atoms with van der Waals surface area (Å²) in [6.45, 7) is 7.87. The van der Waals surface area contributed by atoms with E-state index < -0.39 is 0 Å². The summed E-state index contributed by atoms with van der Waals surface area (Å²) >= 11 is 0. The minimum absolute atomic E-state index is 0.739. The van der Waals surface area contributed by atoms with Gasteiger partial charge in [0.25, 0.3) is 0 Å². The fraction of sp³-hybridized carbons (Fsp3) is 0.360. The van der Waals surface area contributed by atoms with E-state index in [-0.39, 0.29) is 0 Å². The van der Waals surface area contributed by atoms with Gasteiger partial charge >= 0.3 is 0 Å². The smallest absolute Gasteiger partial charge is 0.142 e. The molecule has 0 saturated carbocycles. The Bertz CT molecular complexity index is 747. The molecule has 2 aromatic rings. The Balaban J connectivity index is 1.97. The predicted molar refractivity (Wildman–Crippen MR) is 120 cm³/mol. The van der Waals surface area contributed by atoms with Crippen LogP contribution in [0.25, 0.3) is 6.08 Å². The predicted octanol–water partition coefficient (Wildman–Crippen LogP) is 7.07. The second-order valence-corrected chi connectivity index (χ2v) is 6.67. The summed E-state index contributed by atoms with van der Waals surface area (Å²) in [5.74, 6) is 1.81. The standard InChI is InChI=1S/C25H33NO2/c1-4-7-19-27-23-17-14-21(15-18-23)13-16-22(6-3)26-24-11-9-10-12-25(24)28-20-8-5-2/h6,9-18,26H,4-5,7-8,19-20H2,1-3H3/b16-13+,22-6+. The van der Waals surface area contributed by atoms with Gasteiger partial charge in [0.05, 0.1) is 18.9 Å². The van der Waals surface area contributed by atoms with Crippen LogP contribution in [0.1, 0.15) is 52.0 Å². The molecule has 0 aliphatic carbocycles. The first-order valence-electron chi connectivity index (χ1n) is 10.3. The number of benzene rings is 2. The van der Waals surface area contributed by atoms with Crippen molar-refractivity contribution in [1.82, 2.24) is 0 Å². The molecule has 0 atom stereocenters. The maximum absolute atomic E-state index is 5.91. The molecule has 0 radical (unpaired) electrons. The van der Waals surface area contributed by atoms with Crippen molar-refractivity contribution in [2.45, 2.75) is 46.5 Å². The molecule has 3 heteroatoms. The summed E-state index contributed by atoms with van der Waals surface area (Å²) in [6, 6.07) is 16.3. The lowest BCUT2D eigenvalue weighted by molar-refractivity contribution is 0.309. The van der Waals surface area contributed by atoms with Gasteiger partial charge in [0, 0.05) is 5.70 Å². The fourth-order valence-corrected chi connectivity index (χ4v) is 2.58. The van der Waals surface area contributed by atoms with Crippen molar-refractivity contribution in [3.8, 4) is 11.5 Å². The quantitative estimate of drug-likeness (QED) is 0.316. The summed E-state index contributed by atoms with van der Waals surface area (Å²) in [4.78, 5) is 0. The van der Waals surface area contributed by atoms with Crippen LogP contribution >= 0.6 is 0 Å². The van der Waals surface area contributed by atoms with Crippen LogP contribution in [-0.2, 0) is 0 Å². The third-order valence-electron chi connectivity index (χ3n) is 4.33. The molecule has 0 saturated heterocycles. The lowest BCUT2D eigenvalue weighted by atomic mass is 10.2. The molecule has 0 aliphatic heterocycles. The zero-order valence-corrected chi connectivity index (χ0v) is 17.4. The highest BCUT2D eigenvalue weighted by Gasteiger charge is 2.03. The Kier molecular flexibility index (Phi) is 9.78. The van der Waals surface area contributed by atoms with Gasteiger partial charge in [0.1, 0.15) is 11.5 Å². The molecule has 28 heavy (non-hydrogen) atoms. The maximum atomic E-state index is 5.91. The van der Waals surface area contributed by atoms with Crippen LogP contribution in [0.15, 0.2) is 66.4 Å². The van der Waals surface area contributed by atoms with E-state index >= 15 is 0 Å². The number of allylic oxidation sites excluding steroid dienone is 2. The zero-order chi connectivity index (χ0) is 20.0. The molecule has 0 fully saturated rings. The van der Waals surface area contributed by atoms with Crippen molar-refractivity contribution in [2.24, 2.45) is 0 Å². The SMILES string of the molecule is C/C=C(\C=C\c1ccc(OCCCC)cc1)Nc1ccccc1OCCCC. The number of hydrogen-bond donors (Lipinski definition) is 1. The molecule has 2 aromatic carbocycles. The molecular weight excluding hydrogens is 346 g/mol. The third-order valence-corrected chi connectivity index (χ3v) is 4.33. The van der Waals surface area contributed by atoms with Gasteiger partial charge < -0.3 is 14.8 Å². The normalized spacial score (nSPS) is 11.6. The minimum Gasteiger partial charge on any atom is -0.494 e. The molecule has 1 N–H and O–H groups in total. The summed E-state index contributed by atoms with van der Waals surface area (Å²) in [7, 11) is 0. The molecule has 0 unspecified atom stereocenters. The van der Waals surface area contributed by atoms with E-state index in [1.54, 1.807) is 0 Å². The van der Waals surface area contributed by atoms with Gasteiger partial charge in [0.2, 0.25) is 0 Å². The highest BCUT2D eigenvalue weighted by atomic mass is 16.5. The molecule has 3 nitrogen and oxygen atoms in total. The zero-order valence-electron chi connectivity index (χ0n) is 17.4. The Morgan fingerprint density at radius 3 is 2.25 bits per heavy atom. The van der Waals surface area contributed by atoms with Crippen LogP contribution in [0.2, 0.25) is 0 Å². The molecule has 0 amide bonds. The number of rotatable bonds is 12. The second-order valence-electron chi connectivity index (χ2n) is 6.67. The van der Waals surface area contributed by atoms with E-state index in [0.717, 1.165) is 67.3 Å². The number of unbranched alkanes of at least 4 members (excludes halogenated alkanes) is 2. The van der Waals surface area contributed by atoms with Crippen molar-refractivity contribution in [1.29, 1.82) is 0 Å². The highest BCUT2D eigenvalue weighted by molar-refractivity contribution is 5.63. The van der Waals surface area contributed by atoms with E-state index in [4.69, 9.17) is 9.47 Å². The lowest BCUT2D eigenvalue weighted by Gasteiger charge is -2.13. The van der Waals surface area contributed by atoms with Crippen molar-refractivity contribution >= 4 is 11.8 Å². The van der Waals surface area contributed by atoms with Gasteiger partial charge in [-0.25, -0.2) is 0 Å². The first kappa shape index (κ1) is 21.6. The van der Waals surface area contributed by atoms with E-state index in [9.17, 15) is 0 Å². The number of nitrogens with one attached hydrogen (secondary N) is 1. The van der Waals surface area contributed by atoms with Crippen molar-refractivity contribution in [3.05, 3.63) is 71.9 Å². The second kappa shape index (κ2) is 12.7. The molecular formula is C25H33NO2. The molecule has 0 aromatic heterocycles. The highest BCUT2D eigenvalue weighted by Crippen LogP contribution is 2.26. The van der Waals surface area contributed by atoms with Crippen LogP contribution in [0.4, 0.5) is 5.69 Å². The van der Waals surface area contributed by atoms with E-state index in [1.807, 2.05) is 43.3 Å². The Morgan fingerprint density at radius 2 is 1.57 bits per heavy atom. The maximum Gasteiger partial charge on any atom is 0.142 e. The number of ether oxygens (including phenoxy) is 2. The molecule has 0 bridgehead atoms. The molecule has 0 heterocycles. The van der Waals surface area contributed by atoms with E-state index in [1.165, 1.54) is 0 Å². The average Bonchev–Trinajstić information content (AvgIpc) is 2.73. The van der Waals surface area contributed by atoms with Crippen LogP contribution in [-0.4, -0.2) is 13.2 Å². The van der Waals surface area contributed by atoms with Crippen molar-refractivity contribution < 1.29 is 9.47 Å². The summed E-state index contributed by atoms with van der Waals surface area (Å²) in [6.07, 6.45) is 10.6. The van der Waals surface area contributed by atoms with Crippen LogP contribution in [0.5, 0.6) is 11.5 Å². The molecule has 150 valence electrons. The van der Waals surface area contributed by atoms with Crippen LogP contribution in [0, 0.1) is 0 Å². The topological polar surface area (TPSA) is 30.5 Å². The number of para-hydroxylation sites is 2. The van der Waals surface area contributed by atoms with Crippen molar-refractivity contribution in [2.75, 3.05) is 18.5 Å². The van der Waals surface area contributed by atoms with Crippen LogP contribution in [0.3, 0.4) is 0 Å².